The largest absolute Gasteiger partial charge is 0.451 e. The Morgan fingerprint density at radius 1 is 1.16 bits per heavy atom. The van der Waals surface area contributed by atoms with Gasteiger partial charge in [-0.25, -0.2) is 9.78 Å². The van der Waals surface area contributed by atoms with Gasteiger partial charge in [0.2, 0.25) is 0 Å². The van der Waals surface area contributed by atoms with Crippen LogP contribution in [0.1, 0.15) is 30.0 Å². The van der Waals surface area contributed by atoms with Crippen LogP contribution in [0.2, 0.25) is 0 Å². The molecule has 1 aromatic heterocycles. The Morgan fingerprint density at radius 2 is 1.88 bits per heavy atom. The summed E-state index contributed by atoms with van der Waals surface area (Å²) in [6, 6.07) is 14.8. The second-order valence-corrected chi connectivity index (χ2v) is 5.79. The number of aromatic amines is 1. The second kappa shape index (κ2) is 7.13. The van der Waals surface area contributed by atoms with E-state index in [9.17, 15) is 9.59 Å². The summed E-state index contributed by atoms with van der Waals surface area (Å²) in [6.45, 7) is 3.67. The van der Waals surface area contributed by atoms with E-state index in [2.05, 4.69) is 9.97 Å². The SMILES string of the molecule is Cc1ccc(/C=C/C(=O)O[C@@H](C)c2nc3ccccc3c(=O)[nH]2)cc1. The lowest BCUT2D eigenvalue weighted by Crippen LogP contribution is -2.16. The maximum atomic E-state index is 12.1. The van der Waals surface area contributed by atoms with Crippen LogP contribution in [0.25, 0.3) is 17.0 Å². The van der Waals surface area contributed by atoms with Crippen molar-refractivity contribution in [1.29, 1.82) is 0 Å². The molecule has 0 bridgehead atoms. The predicted molar refractivity (Wildman–Crippen MR) is 97.1 cm³/mol. The maximum absolute atomic E-state index is 12.1. The number of hydrogen-bond acceptors (Lipinski definition) is 4. The molecule has 5 nitrogen and oxygen atoms in total. The van der Waals surface area contributed by atoms with Gasteiger partial charge in [-0.05, 0) is 37.6 Å². The summed E-state index contributed by atoms with van der Waals surface area (Å²) in [5, 5.41) is 0.504. The summed E-state index contributed by atoms with van der Waals surface area (Å²) < 4.78 is 5.33. The fraction of sp³-hybridized carbons (Fsp3) is 0.150. The molecule has 126 valence electrons. The number of nitrogens with zero attached hydrogens (tertiary/aromatic N) is 1. The van der Waals surface area contributed by atoms with Gasteiger partial charge in [-0.3, -0.25) is 4.79 Å². The molecule has 5 heteroatoms. The van der Waals surface area contributed by atoms with Gasteiger partial charge in [-0.2, -0.15) is 0 Å². The van der Waals surface area contributed by atoms with Crippen molar-refractivity contribution in [3.05, 3.63) is 81.9 Å². The summed E-state index contributed by atoms with van der Waals surface area (Å²) in [7, 11) is 0. The first kappa shape index (κ1) is 16.6. The molecule has 3 rings (SSSR count). The molecule has 0 amide bonds. The number of benzene rings is 2. The molecule has 0 aliphatic carbocycles. The number of esters is 1. The van der Waals surface area contributed by atoms with E-state index >= 15 is 0 Å². The highest BCUT2D eigenvalue weighted by Gasteiger charge is 2.14. The van der Waals surface area contributed by atoms with E-state index in [-0.39, 0.29) is 5.56 Å². The number of nitrogens with one attached hydrogen (secondary N) is 1. The van der Waals surface area contributed by atoms with Crippen LogP contribution < -0.4 is 5.56 Å². The van der Waals surface area contributed by atoms with Crippen LogP contribution in [0.5, 0.6) is 0 Å². The first-order valence-electron chi connectivity index (χ1n) is 7.97. The molecule has 1 atom stereocenters. The molecular weight excluding hydrogens is 316 g/mol. The fourth-order valence-electron chi connectivity index (χ4n) is 2.41. The summed E-state index contributed by atoms with van der Waals surface area (Å²) in [5.74, 6) is -0.176. The molecule has 1 heterocycles. The molecule has 0 saturated carbocycles. The quantitative estimate of drug-likeness (QED) is 0.585. The third kappa shape index (κ3) is 4.01. The number of hydrogen-bond donors (Lipinski definition) is 1. The Balaban J connectivity index is 1.73. The average molecular weight is 334 g/mol. The van der Waals surface area contributed by atoms with Crippen molar-refractivity contribution >= 4 is 22.9 Å². The summed E-state index contributed by atoms with van der Waals surface area (Å²) in [6.07, 6.45) is 2.39. The van der Waals surface area contributed by atoms with Gasteiger partial charge in [0.05, 0.1) is 10.9 Å². The Morgan fingerprint density at radius 3 is 2.64 bits per heavy atom. The minimum atomic E-state index is -0.660. The molecule has 0 aliphatic rings. The van der Waals surface area contributed by atoms with Crippen molar-refractivity contribution in [2.75, 3.05) is 0 Å². The molecular formula is C20H18N2O3. The zero-order chi connectivity index (χ0) is 17.8. The minimum Gasteiger partial charge on any atom is -0.451 e. The first-order valence-corrected chi connectivity index (χ1v) is 7.97. The summed E-state index contributed by atoms with van der Waals surface area (Å²) in [5.41, 5.74) is 2.38. The normalized spacial score (nSPS) is 12.4. The van der Waals surface area contributed by atoms with E-state index in [4.69, 9.17) is 4.74 Å². The van der Waals surface area contributed by atoms with Gasteiger partial charge in [0, 0.05) is 6.08 Å². The molecule has 0 unspecified atom stereocenters. The average Bonchev–Trinajstić information content (AvgIpc) is 2.61. The van der Waals surface area contributed by atoms with Crippen LogP contribution in [0.4, 0.5) is 0 Å². The number of aryl methyl sites for hydroxylation is 1. The second-order valence-electron chi connectivity index (χ2n) is 5.79. The first-order chi connectivity index (χ1) is 12.0. The lowest BCUT2D eigenvalue weighted by Gasteiger charge is -2.11. The maximum Gasteiger partial charge on any atom is 0.331 e. The molecule has 0 saturated heterocycles. The number of carbonyl (C=O) groups excluding carboxylic acids is 1. The zero-order valence-electron chi connectivity index (χ0n) is 14.0. The highest BCUT2D eigenvalue weighted by Crippen LogP contribution is 2.15. The van der Waals surface area contributed by atoms with Gasteiger partial charge in [0.25, 0.3) is 5.56 Å². The van der Waals surface area contributed by atoms with Gasteiger partial charge in [-0.15, -0.1) is 0 Å². The minimum absolute atomic E-state index is 0.251. The molecule has 0 radical (unpaired) electrons. The Bertz CT molecular complexity index is 988. The van der Waals surface area contributed by atoms with Gasteiger partial charge < -0.3 is 9.72 Å². The standard InChI is InChI=1S/C20H18N2O3/c1-13-7-9-15(10-8-13)11-12-18(23)25-14(2)19-21-17-6-4-3-5-16(17)20(24)22-19/h3-12,14H,1-2H3,(H,21,22,24)/b12-11+/t14-/m0/s1. The van der Waals surface area contributed by atoms with E-state index in [0.717, 1.165) is 11.1 Å². The van der Waals surface area contributed by atoms with E-state index in [1.165, 1.54) is 6.08 Å². The molecule has 25 heavy (non-hydrogen) atoms. The molecule has 0 aliphatic heterocycles. The summed E-state index contributed by atoms with van der Waals surface area (Å²) >= 11 is 0. The van der Waals surface area contributed by atoms with Crippen molar-refractivity contribution in [3.63, 3.8) is 0 Å². The van der Waals surface area contributed by atoms with Gasteiger partial charge in [-0.1, -0.05) is 42.0 Å². The van der Waals surface area contributed by atoms with E-state index < -0.39 is 12.1 Å². The Hall–Kier alpha value is -3.21. The number of rotatable bonds is 4. The number of aromatic nitrogens is 2. The number of carbonyl (C=O) groups is 1. The molecule has 0 spiro atoms. The smallest absolute Gasteiger partial charge is 0.331 e. The van der Waals surface area contributed by atoms with Crippen LogP contribution in [0, 0.1) is 6.92 Å². The van der Waals surface area contributed by atoms with Crippen molar-refractivity contribution < 1.29 is 9.53 Å². The number of para-hydroxylation sites is 1. The van der Waals surface area contributed by atoms with Crippen LogP contribution in [0.3, 0.4) is 0 Å². The Labute approximate surface area is 145 Å². The third-order valence-electron chi connectivity index (χ3n) is 3.80. The number of ether oxygens (including phenoxy) is 1. The van der Waals surface area contributed by atoms with Crippen LogP contribution >= 0.6 is 0 Å². The van der Waals surface area contributed by atoms with E-state index in [0.29, 0.717) is 16.7 Å². The van der Waals surface area contributed by atoms with Crippen molar-refractivity contribution in [2.24, 2.45) is 0 Å². The van der Waals surface area contributed by atoms with Crippen molar-refractivity contribution in [1.82, 2.24) is 9.97 Å². The number of H-pyrrole nitrogens is 1. The van der Waals surface area contributed by atoms with Crippen LogP contribution in [-0.2, 0) is 9.53 Å². The highest BCUT2D eigenvalue weighted by molar-refractivity contribution is 5.87. The van der Waals surface area contributed by atoms with Crippen molar-refractivity contribution in [3.8, 4) is 0 Å². The molecule has 2 aromatic carbocycles. The van der Waals surface area contributed by atoms with Gasteiger partial charge in [0.15, 0.2) is 11.9 Å². The van der Waals surface area contributed by atoms with Crippen LogP contribution in [0.15, 0.2) is 59.4 Å². The highest BCUT2D eigenvalue weighted by atomic mass is 16.5. The number of fused-ring (bicyclic) bond motifs is 1. The predicted octanol–water partition coefficient (Wildman–Crippen LogP) is 3.55. The molecule has 0 fully saturated rings. The third-order valence-corrected chi connectivity index (χ3v) is 3.80. The Kier molecular flexibility index (Phi) is 4.75. The van der Waals surface area contributed by atoms with Gasteiger partial charge in [0.1, 0.15) is 0 Å². The monoisotopic (exact) mass is 334 g/mol. The molecule has 1 N–H and O–H groups in total. The lowest BCUT2D eigenvalue weighted by molar-refractivity contribution is -0.142. The van der Waals surface area contributed by atoms with Crippen molar-refractivity contribution in [2.45, 2.75) is 20.0 Å². The lowest BCUT2D eigenvalue weighted by atomic mass is 10.1. The molecule has 3 aromatic rings. The topological polar surface area (TPSA) is 72.0 Å². The summed E-state index contributed by atoms with van der Waals surface area (Å²) in [4.78, 5) is 31.1. The fourth-order valence-corrected chi connectivity index (χ4v) is 2.41. The van der Waals surface area contributed by atoms with E-state index in [1.807, 2.05) is 31.2 Å². The van der Waals surface area contributed by atoms with E-state index in [1.54, 1.807) is 37.3 Å². The zero-order valence-corrected chi connectivity index (χ0v) is 14.0. The van der Waals surface area contributed by atoms with Gasteiger partial charge >= 0.3 is 5.97 Å². The van der Waals surface area contributed by atoms with Crippen LogP contribution in [-0.4, -0.2) is 15.9 Å².